The molecule has 6 heteroatoms. The van der Waals surface area contributed by atoms with Crippen LogP contribution >= 0.6 is 11.6 Å². The summed E-state index contributed by atoms with van der Waals surface area (Å²) in [6, 6.07) is 20.0. The molecule has 2 aromatic heterocycles. The van der Waals surface area contributed by atoms with E-state index in [0.29, 0.717) is 16.4 Å². The van der Waals surface area contributed by atoms with Gasteiger partial charge in [0.25, 0.3) is 0 Å². The molecule has 0 saturated heterocycles. The van der Waals surface area contributed by atoms with E-state index in [-0.39, 0.29) is 5.82 Å². The molecule has 0 bridgehead atoms. The fraction of sp³-hybridized carbons (Fsp3) is 0. The van der Waals surface area contributed by atoms with E-state index in [0.717, 1.165) is 33.4 Å². The van der Waals surface area contributed by atoms with E-state index in [1.165, 1.54) is 12.1 Å². The maximum absolute atomic E-state index is 13.4. The van der Waals surface area contributed by atoms with E-state index < -0.39 is 0 Å². The molecule has 0 atom stereocenters. The summed E-state index contributed by atoms with van der Waals surface area (Å²) in [4.78, 5) is 12.0. The van der Waals surface area contributed by atoms with Crippen LogP contribution in [0.25, 0.3) is 33.3 Å². The van der Waals surface area contributed by atoms with Crippen molar-refractivity contribution in [2.45, 2.75) is 0 Å². The Balaban J connectivity index is 1.45. The zero-order valence-corrected chi connectivity index (χ0v) is 15.3. The van der Waals surface area contributed by atoms with Crippen LogP contribution in [0.1, 0.15) is 0 Å². The summed E-state index contributed by atoms with van der Waals surface area (Å²) in [6.45, 7) is 0. The number of halogens is 2. The predicted molar refractivity (Wildman–Crippen MR) is 112 cm³/mol. The van der Waals surface area contributed by atoms with Crippen LogP contribution in [0.5, 0.6) is 0 Å². The highest BCUT2D eigenvalue weighted by Crippen LogP contribution is 2.28. The Morgan fingerprint density at radius 2 is 1.75 bits per heavy atom. The van der Waals surface area contributed by atoms with Gasteiger partial charge in [0.2, 0.25) is 0 Å². The first-order valence-electron chi connectivity index (χ1n) is 8.73. The van der Waals surface area contributed by atoms with Crippen molar-refractivity contribution in [2.75, 3.05) is 5.32 Å². The smallest absolute Gasteiger partial charge is 0.138 e. The Kier molecular flexibility index (Phi) is 3.95. The van der Waals surface area contributed by atoms with Gasteiger partial charge in [0.15, 0.2) is 0 Å². The maximum Gasteiger partial charge on any atom is 0.138 e. The van der Waals surface area contributed by atoms with Crippen molar-refractivity contribution in [3.63, 3.8) is 0 Å². The van der Waals surface area contributed by atoms with Gasteiger partial charge >= 0.3 is 0 Å². The minimum Gasteiger partial charge on any atom is -0.355 e. The van der Waals surface area contributed by atoms with Gasteiger partial charge < -0.3 is 10.3 Å². The molecule has 136 valence electrons. The number of hydrogen-bond acceptors (Lipinski definition) is 3. The Labute approximate surface area is 165 Å². The van der Waals surface area contributed by atoms with Crippen molar-refractivity contribution in [2.24, 2.45) is 0 Å². The van der Waals surface area contributed by atoms with E-state index in [4.69, 9.17) is 11.6 Å². The minimum absolute atomic E-state index is 0.284. The van der Waals surface area contributed by atoms with E-state index in [9.17, 15) is 4.39 Å². The Hall–Kier alpha value is -3.44. The van der Waals surface area contributed by atoms with Gasteiger partial charge in [0.1, 0.15) is 11.6 Å². The number of nitrogens with zero attached hydrogens (tertiary/aromatic N) is 2. The van der Waals surface area contributed by atoms with Crippen LogP contribution in [0.2, 0.25) is 5.02 Å². The van der Waals surface area contributed by atoms with E-state index in [1.54, 1.807) is 12.3 Å². The van der Waals surface area contributed by atoms with Crippen LogP contribution in [0.4, 0.5) is 15.8 Å². The largest absolute Gasteiger partial charge is 0.355 e. The topological polar surface area (TPSA) is 53.6 Å². The molecule has 0 unspecified atom stereocenters. The van der Waals surface area contributed by atoms with Crippen LogP contribution in [0, 0.1) is 5.82 Å². The maximum atomic E-state index is 13.4. The molecule has 2 N–H and O–H groups in total. The van der Waals surface area contributed by atoms with Crippen molar-refractivity contribution in [3.8, 4) is 11.4 Å². The van der Waals surface area contributed by atoms with Crippen molar-refractivity contribution in [1.82, 2.24) is 15.0 Å². The molecule has 2 heterocycles. The number of hydrogen-bond donors (Lipinski definition) is 2. The number of aromatic nitrogens is 3. The average molecular weight is 389 g/mol. The predicted octanol–water partition coefficient (Wildman–Crippen LogP) is 6.31. The molecule has 5 rings (SSSR count). The summed E-state index contributed by atoms with van der Waals surface area (Å²) in [6.07, 6.45) is 1.75. The van der Waals surface area contributed by atoms with Gasteiger partial charge in [-0.2, -0.15) is 0 Å². The Morgan fingerprint density at radius 3 is 2.61 bits per heavy atom. The highest BCUT2D eigenvalue weighted by molar-refractivity contribution is 6.31. The first kappa shape index (κ1) is 16.7. The third kappa shape index (κ3) is 3.06. The van der Waals surface area contributed by atoms with Gasteiger partial charge in [-0.1, -0.05) is 11.6 Å². The van der Waals surface area contributed by atoms with Crippen LogP contribution in [0.3, 0.4) is 0 Å². The van der Waals surface area contributed by atoms with Gasteiger partial charge in [-0.25, -0.2) is 9.37 Å². The quantitative estimate of drug-likeness (QED) is 0.380. The summed E-state index contributed by atoms with van der Waals surface area (Å²) in [5.74, 6) is 0.421. The first-order valence-corrected chi connectivity index (χ1v) is 9.10. The standard InChI is InChI=1S/C22H14ClFN4/c23-14-3-7-17-18(9-10-25-20(17)11-14)26-16-5-1-13(2-6-16)22-27-19-8-4-15(24)12-21(19)28-22/h1-12H,(H,25,26)(H,27,28). The van der Waals surface area contributed by atoms with Crippen molar-refractivity contribution in [3.05, 3.63) is 83.8 Å². The number of nitrogens with one attached hydrogen (secondary N) is 2. The number of fused-ring (bicyclic) bond motifs is 2. The molecule has 0 saturated carbocycles. The number of rotatable bonds is 3. The van der Waals surface area contributed by atoms with Gasteiger partial charge in [0.05, 0.1) is 16.6 Å². The van der Waals surface area contributed by atoms with Crippen molar-refractivity contribution >= 4 is 44.9 Å². The second-order valence-electron chi connectivity index (χ2n) is 6.47. The number of aromatic amines is 1. The fourth-order valence-electron chi connectivity index (χ4n) is 3.22. The second kappa shape index (κ2) is 6.62. The molecule has 0 aliphatic carbocycles. The molecular formula is C22H14ClFN4. The van der Waals surface area contributed by atoms with Gasteiger partial charge in [-0.05, 0) is 66.7 Å². The molecule has 0 aliphatic heterocycles. The zero-order valence-electron chi connectivity index (χ0n) is 14.6. The minimum atomic E-state index is -0.284. The van der Waals surface area contributed by atoms with Gasteiger partial charge in [-0.3, -0.25) is 4.98 Å². The van der Waals surface area contributed by atoms with Crippen LogP contribution in [-0.2, 0) is 0 Å². The lowest BCUT2D eigenvalue weighted by Gasteiger charge is -2.10. The lowest BCUT2D eigenvalue weighted by Crippen LogP contribution is -1.93. The third-order valence-corrected chi connectivity index (χ3v) is 4.82. The number of benzene rings is 3. The molecular weight excluding hydrogens is 375 g/mol. The summed E-state index contributed by atoms with van der Waals surface area (Å²) < 4.78 is 13.4. The third-order valence-electron chi connectivity index (χ3n) is 4.59. The van der Waals surface area contributed by atoms with Crippen molar-refractivity contribution in [1.29, 1.82) is 0 Å². The number of imidazole rings is 1. The fourth-order valence-corrected chi connectivity index (χ4v) is 3.38. The zero-order chi connectivity index (χ0) is 19.1. The second-order valence-corrected chi connectivity index (χ2v) is 6.91. The Morgan fingerprint density at radius 1 is 0.893 bits per heavy atom. The molecule has 28 heavy (non-hydrogen) atoms. The lowest BCUT2D eigenvalue weighted by molar-refractivity contribution is 0.629. The number of H-pyrrole nitrogens is 1. The molecule has 0 aliphatic rings. The highest BCUT2D eigenvalue weighted by Gasteiger charge is 2.07. The molecule has 0 spiro atoms. The normalized spacial score (nSPS) is 11.2. The van der Waals surface area contributed by atoms with Crippen LogP contribution in [-0.4, -0.2) is 15.0 Å². The SMILES string of the molecule is Fc1ccc2nc(-c3ccc(Nc4ccnc5cc(Cl)ccc45)cc3)[nH]c2c1. The molecule has 5 aromatic rings. The van der Waals surface area contributed by atoms with Gasteiger partial charge in [-0.15, -0.1) is 0 Å². The summed E-state index contributed by atoms with van der Waals surface area (Å²) in [5, 5.41) is 5.07. The molecule has 0 amide bonds. The van der Waals surface area contributed by atoms with Crippen molar-refractivity contribution < 1.29 is 4.39 Å². The monoisotopic (exact) mass is 388 g/mol. The van der Waals surface area contributed by atoms with E-state index >= 15 is 0 Å². The average Bonchev–Trinajstić information content (AvgIpc) is 3.11. The van der Waals surface area contributed by atoms with Crippen LogP contribution < -0.4 is 5.32 Å². The number of anilines is 2. The van der Waals surface area contributed by atoms with E-state index in [1.807, 2.05) is 48.5 Å². The molecule has 4 nitrogen and oxygen atoms in total. The van der Waals surface area contributed by atoms with Gasteiger partial charge in [0, 0.05) is 33.5 Å². The molecule has 0 fully saturated rings. The number of pyridine rings is 1. The summed E-state index contributed by atoms with van der Waals surface area (Å²) >= 11 is 6.05. The Bertz CT molecular complexity index is 1310. The first-order chi connectivity index (χ1) is 13.7. The highest BCUT2D eigenvalue weighted by atomic mass is 35.5. The molecule has 0 radical (unpaired) electrons. The molecule has 3 aromatic carbocycles. The lowest BCUT2D eigenvalue weighted by atomic mass is 10.1. The van der Waals surface area contributed by atoms with E-state index in [2.05, 4.69) is 20.3 Å². The summed E-state index contributed by atoms with van der Waals surface area (Å²) in [7, 11) is 0. The summed E-state index contributed by atoms with van der Waals surface area (Å²) in [5.41, 5.74) is 5.07. The van der Waals surface area contributed by atoms with Crippen LogP contribution in [0.15, 0.2) is 72.9 Å².